The number of carbonyl (C=O) groups is 4. The van der Waals surface area contributed by atoms with E-state index in [2.05, 4.69) is 10.6 Å². The zero-order valence-electron chi connectivity index (χ0n) is 20.3. The molecule has 194 valence electrons. The minimum atomic E-state index is -1.66. The number of benzene rings is 1. The van der Waals surface area contributed by atoms with Crippen molar-refractivity contribution in [2.75, 3.05) is 6.54 Å². The first-order valence-corrected chi connectivity index (χ1v) is 11.5. The number of nitro benzene ring substituents is 1. The maximum atomic E-state index is 12.1. The summed E-state index contributed by atoms with van der Waals surface area (Å²) >= 11 is 0.932. The third-order valence-corrected chi connectivity index (χ3v) is 5.61. The standard InChI is InChI=1S/C22H31N3O9S/c1-14(26)35-17(10-11-22(5,18(27)28)24-20(30)34-21(2,3)4)12-23-19(29)33-13-15-6-8-16(9-7-15)25(31)32/h6-9,17H,10-13H2,1-5H3,(H,23,29)(H,24,30)(H,27,28). The maximum Gasteiger partial charge on any atom is 0.408 e. The Morgan fingerprint density at radius 3 is 2.20 bits per heavy atom. The topological polar surface area (TPSA) is 174 Å². The average Bonchev–Trinajstić information content (AvgIpc) is 2.72. The Hall–Kier alpha value is -3.35. The zero-order valence-corrected chi connectivity index (χ0v) is 21.1. The largest absolute Gasteiger partial charge is 0.480 e. The van der Waals surface area contributed by atoms with E-state index < -0.39 is 39.5 Å². The van der Waals surface area contributed by atoms with E-state index in [9.17, 15) is 34.4 Å². The smallest absolute Gasteiger partial charge is 0.408 e. The first-order valence-electron chi connectivity index (χ1n) is 10.7. The molecule has 1 aromatic carbocycles. The number of hydrogen-bond donors (Lipinski definition) is 3. The van der Waals surface area contributed by atoms with Gasteiger partial charge in [-0.25, -0.2) is 14.4 Å². The van der Waals surface area contributed by atoms with Crippen LogP contribution in [-0.4, -0.2) is 56.2 Å². The number of non-ortho nitro benzene ring substituents is 1. The fraction of sp³-hybridized carbons (Fsp3) is 0.545. The molecule has 2 atom stereocenters. The zero-order chi connectivity index (χ0) is 26.8. The monoisotopic (exact) mass is 513 g/mol. The fourth-order valence-electron chi connectivity index (χ4n) is 2.75. The van der Waals surface area contributed by atoms with Crippen LogP contribution in [0.2, 0.25) is 0 Å². The van der Waals surface area contributed by atoms with Gasteiger partial charge in [0.15, 0.2) is 5.12 Å². The Bertz CT molecular complexity index is 931. The molecule has 1 aromatic rings. The van der Waals surface area contributed by atoms with Crippen molar-refractivity contribution < 1.29 is 38.7 Å². The van der Waals surface area contributed by atoms with Crippen molar-refractivity contribution in [2.45, 2.75) is 70.5 Å². The first-order chi connectivity index (χ1) is 16.1. The first kappa shape index (κ1) is 29.7. The molecular weight excluding hydrogens is 482 g/mol. The van der Waals surface area contributed by atoms with Crippen LogP contribution in [0.1, 0.15) is 53.0 Å². The summed E-state index contributed by atoms with van der Waals surface area (Å²) in [5.41, 5.74) is -2.01. The Labute approximate surface area is 207 Å². The van der Waals surface area contributed by atoms with Crippen LogP contribution in [0.3, 0.4) is 0 Å². The van der Waals surface area contributed by atoms with Gasteiger partial charge >= 0.3 is 18.2 Å². The highest BCUT2D eigenvalue weighted by Gasteiger charge is 2.37. The van der Waals surface area contributed by atoms with E-state index in [1.807, 2.05) is 0 Å². The van der Waals surface area contributed by atoms with Gasteiger partial charge in [-0.05, 0) is 58.2 Å². The highest BCUT2D eigenvalue weighted by Crippen LogP contribution is 2.23. The Balaban J connectivity index is 2.67. The predicted molar refractivity (Wildman–Crippen MR) is 128 cm³/mol. The summed E-state index contributed by atoms with van der Waals surface area (Å²) in [7, 11) is 0. The van der Waals surface area contributed by atoms with Crippen molar-refractivity contribution in [3.05, 3.63) is 39.9 Å². The van der Waals surface area contributed by atoms with E-state index in [-0.39, 0.29) is 36.8 Å². The molecule has 13 heteroatoms. The molecule has 1 rings (SSSR count). The molecule has 0 aromatic heterocycles. The third kappa shape index (κ3) is 11.6. The summed E-state index contributed by atoms with van der Waals surface area (Å²) in [5.74, 6) is -1.27. The number of thioether (sulfide) groups is 1. The molecule has 0 aliphatic carbocycles. The summed E-state index contributed by atoms with van der Waals surface area (Å²) in [6.45, 7) is 7.51. The van der Waals surface area contributed by atoms with E-state index in [0.717, 1.165) is 11.8 Å². The Morgan fingerprint density at radius 2 is 1.71 bits per heavy atom. The van der Waals surface area contributed by atoms with Gasteiger partial charge in [-0.2, -0.15) is 0 Å². The molecule has 35 heavy (non-hydrogen) atoms. The highest BCUT2D eigenvalue weighted by atomic mass is 32.2. The van der Waals surface area contributed by atoms with Gasteiger partial charge in [0.25, 0.3) is 5.69 Å². The second kappa shape index (κ2) is 12.9. The van der Waals surface area contributed by atoms with Crippen molar-refractivity contribution in [1.29, 1.82) is 0 Å². The van der Waals surface area contributed by atoms with Gasteiger partial charge in [-0.3, -0.25) is 14.9 Å². The number of hydrogen-bond acceptors (Lipinski definition) is 9. The van der Waals surface area contributed by atoms with Crippen LogP contribution in [0.25, 0.3) is 0 Å². The molecule has 0 spiro atoms. The molecule has 0 saturated heterocycles. The van der Waals surface area contributed by atoms with Gasteiger partial charge in [0.1, 0.15) is 17.7 Å². The maximum absolute atomic E-state index is 12.1. The molecule has 0 fully saturated rings. The molecule has 0 saturated carbocycles. The number of carboxylic acids is 1. The van der Waals surface area contributed by atoms with Gasteiger partial charge in [0, 0.05) is 30.9 Å². The van der Waals surface area contributed by atoms with Crippen molar-refractivity contribution >= 4 is 40.7 Å². The third-order valence-electron chi connectivity index (χ3n) is 4.54. The molecule has 0 bridgehead atoms. The second-order valence-corrected chi connectivity index (χ2v) is 10.4. The number of nitrogens with zero attached hydrogens (tertiary/aromatic N) is 1. The lowest BCUT2D eigenvalue weighted by molar-refractivity contribution is -0.384. The Morgan fingerprint density at radius 1 is 1.11 bits per heavy atom. The lowest BCUT2D eigenvalue weighted by atomic mass is 9.95. The van der Waals surface area contributed by atoms with Crippen molar-refractivity contribution in [1.82, 2.24) is 10.6 Å². The number of alkyl carbamates (subject to hydrolysis) is 2. The van der Waals surface area contributed by atoms with Crippen LogP contribution in [-0.2, 0) is 25.7 Å². The van der Waals surface area contributed by atoms with Gasteiger partial charge < -0.3 is 25.2 Å². The summed E-state index contributed by atoms with van der Waals surface area (Å²) in [5, 5.41) is 24.5. The summed E-state index contributed by atoms with van der Waals surface area (Å²) in [6, 6.07) is 5.51. The van der Waals surface area contributed by atoms with Crippen LogP contribution in [0.5, 0.6) is 0 Å². The summed E-state index contributed by atoms with van der Waals surface area (Å²) < 4.78 is 10.2. The molecular formula is C22H31N3O9S. The van der Waals surface area contributed by atoms with Crippen LogP contribution in [0.15, 0.2) is 24.3 Å². The summed E-state index contributed by atoms with van der Waals surface area (Å²) in [4.78, 5) is 57.8. The van der Waals surface area contributed by atoms with Crippen LogP contribution >= 0.6 is 11.8 Å². The number of ether oxygens (including phenoxy) is 2. The number of carbonyl (C=O) groups excluding carboxylic acids is 3. The fourth-order valence-corrected chi connectivity index (χ4v) is 3.62. The van der Waals surface area contributed by atoms with E-state index >= 15 is 0 Å². The summed E-state index contributed by atoms with van der Waals surface area (Å²) in [6.07, 6.45) is -1.52. The van der Waals surface area contributed by atoms with E-state index in [0.29, 0.717) is 5.56 Å². The van der Waals surface area contributed by atoms with Gasteiger partial charge in [-0.15, -0.1) is 0 Å². The lowest BCUT2D eigenvalue weighted by Crippen LogP contribution is -2.53. The van der Waals surface area contributed by atoms with Crippen LogP contribution < -0.4 is 10.6 Å². The number of nitro groups is 1. The SMILES string of the molecule is CC(=O)SC(CCC(C)(NC(=O)OC(C)(C)C)C(=O)O)CNC(=O)OCc1ccc([N+](=O)[O-])cc1. The molecule has 12 nitrogen and oxygen atoms in total. The predicted octanol–water partition coefficient (Wildman–Crippen LogP) is 3.62. The molecule has 0 heterocycles. The highest BCUT2D eigenvalue weighted by molar-refractivity contribution is 8.14. The molecule has 2 unspecified atom stereocenters. The van der Waals surface area contributed by atoms with Crippen molar-refractivity contribution in [3.8, 4) is 0 Å². The average molecular weight is 514 g/mol. The molecule has 3 N–H and O–H groups in total. The van der Waals surface area contributed by atoms with E-state index in [1.54, 1.807) is 20.8 Å². The normalized spacial score (nSPS) is 13.6. The van der Waals surface area contributed by atoms with Gasteiger partial charge in [0.2, 0.25) is 0 Å². The number of rotatable bonds is 11. The van der Waals surface area contributed by atoms with Crippen molar-refractivity contribution in [3.63, 3.8) is 0 Å². The number of carboxylic acid groups (broad SMARTS) is 1. The second-order valence-electron chi connectivity index (χ2n) is 8.91. The quantitative estimate of drug-likeness (QED) is 0.293. The number of aliphatic carboxylic acids is 1. The van der Waals surface area contributed by atoms with E-state index in [4.69, 9.17) is 9.47 Å². The number of amides is 2. The molecule has 2 amide bonds. The van der Waals surface area contributed by atoms with Gasteiger partial charge in [-0.1, -0.05) is 11.8 Å². The lowest BCUT2D eigenvalue weighted by Gasteiger charge is -2.29. The number of nitrogens with one attached hydrogen (secondary N) is 2. The minimum Gasteiger partial charge on any atom is -0.480 e. The molecule has 0 radical (unpaired) electrons. The van der Waals surface area contributed by atoms with Crippen molar-refractivity contribution in [2.24, 2.45) is 0 Å². The van der Waals surface area contributed by atoms with Gasteiger partial charge in [0.05, 0.1) is 4.92 Å². The van der Waals surface area contributed by atoms with Crippen LogP contribution in [0.4, 0.5) is 15.3 Å². The molecule has 0 aliphatic rings. The molecule has 0 aliphatic heterocycles. The van der Waals surface area contributed by atoms with Crippen LogP contribution in [0, 0.1) is 10.1 Å². The minimum absolute atomic E-state index is 0.00543. The Kier molecular flexibility index (Phi) is 11.0. The van der Waals surface area contributed by atoms with E-state index in [1.165, 1.54) is 38.1 Å².